The smallest absolute Gasteiger partial charge is 0.348 e. The molecule has 1 heterocycles. The monoisotopic (exact) mass is 295 g/mol. The Labute approximate surface area is 116 Å². The number of alkyl halides is 3. The van der Waals surface area contributed by atoms with E-state index in [9.17, 15) is 22.8 Å². The Morgan fingerprint density at radius 3 is 2.65 bits per heavy atom. The van der Waals surface area contributed by atoms with Crippen molar-refractivity contribution in [2.75, 3.05) is 39.8 Å². The van der Waals surface area contributed by atoms with E-state index in [1.807, 2.05) is 17.3 Å². The summed E-state index contributed by atoms with van der Waals surface area (Å²) in [7, 11) is 1.84. The second-order valence-electron chi connectivity index (χ2n) is 4.89. The molecule has 0 aliphatic carbocycles. The second kappa shape index (κ2) is 7.47. The van der Waals surface area contributed by atoms with Crippen molar-refractivity contribution in [2.45, 2.75) is 25.4 Å². The van der Waals surface area contributed by atoms with Gasteiger partial charge < -0.3 is 15.1 Å². The molecule has 1 rings (SSSR count). The number of hydrogen-bond acceptors (Lipinski definition) is 3. The van der Waals surface area contributed by atoms with Gasteiger partial charge in [0.15, 0.2) is 0 Å². The van der Waals surface area contributed by atoms with Gasteiger partial charge in [-0.2, -0.15) is 13.2 Å². The molecule has 5 nitrogen and oxygen atoms in total. The van der Waals surface area contributed by atoms with Gasteiger partial charge >= 0.3 is 12.1 Å². The van der Waals surface area contributed by atoms with Crippen LogP contribution in [0.5, 0.6) is 0 Å². The molecule has 0 aromatic rings. The lowest BCUT2D eigenvalue weighted by Crippen LogP contribution is -2.39. The first kappa shape index (κ1) is 16.7. The van der Waals surface area contributed by atoms with Gasteiger partial charge in [-0.15, -0.1) is 0 Å². The van der Waals surface area contributed by atoms with Crippen LogP contribution >= 0.6 is 0 Å². The summed E-state index contributed by atoms with van der Waals surface area (Å²) < 4.78 is 35.7. The summed E-state index contributed by atoms with van der Waals surface area (Å²) in [6, 6.07) is 0. The van der Waals surface area contributed by atoms with Crippen molar-refractivity contribution >= 4 is 11.8 Å². The highest BCUT2D eigenvalue weighted by Crippen LogP contribution is 2.13. The van der Waals surface area contributed by atoms with Crippen LogP contribution in [0.4, 0.5) is 13.2 Å². The molecule has 1 saturated heterocycles. The number of halogens is 3. The molecule has 2 amide bonds. The lowest BCUT2D eigenvalue weighted by atomic mass is 10.3. The first-order valence-electron chi connectivity index (χ1n) is 6.62. The van der Waals surface area contributed by atoms with Crippen molar-refractivity contribution in [3.8, 4) is 0 Å². The van der Waals surface area contributed by atoms with Crippen LogP contribution in [0.1, 0.15) is 19.3 Å². The largest absolute Gasteiger partial charge is 0.471 e. The summed E-state index contributed by atoms with van der Waals surface area (Å²) >= 11 is 0. The van der Waals surface area contributed by atoms with Crippen LogP contribution < -0.4 is 5.32 Å². The minimum absolute atomic E-state index is 0.00860. The summed E-state index contributed by atoms with van der Waals surface area (Å²) in [5.74, 6) is -1.74. The van der Waals surface area contributed by atoms with Crippen LogP contribution in [0, 0.1) is 0 Å². The summed E-state index contributed by atoms with van der Waals surface area (Å²) in [6.07, 6.45) is -2.88. The van der Waals surface area contributed by atoms with E-state index >= 15 is 0 Å². The summed E-state index contributed by atoms with van der Waals surface area (Å²) in [5, 5.41) is 1.83. The normalized spacial score (nSPS) is 16.1. The Balaban J connectivity index is 2.07. The topological polar surface area (TPSA) is 52.7 Å². The van der Waals surface area contributed by atoms with E-state index in [4.69, 9.17) is 0 Å². The Kier molecular flexibility index (Phi) is 6.25. The molecule has 0 saturated carbocycles. The summed E-state index contributed by atoms with van der Waals surface area (Å²) in [5.41, 5.74) is 0. The van der Waals surface area contributed by atoms with Gasteiger partial charge in [0.25, 0.3) is 0 Å². The third-order valence-electron chi connectivity index (χ3n) is 3.18. The summed E-state index contributed by atoms with van der Waals surface area (Å²) in [4.78, 5) is 25.7. The van der Waals surface area contributed by atoms with Crippen LogP contribution in [0.25, 0.3) is 0 Å². The van der Waals surface area contributed by atoms with Gasteiger partial charge in [0, 0.05) is 32.6 Å². The number of carbonyl (C=O) groups excluding carboxylic acids is 2. The van der Waals surface area contributed by atoms with Crippen molar-refractivity contribution in [2.24, 2.45) is 0 Å². The lowest BCUT2D eigenvalue weighted by molar-refractivity contribution is -0.173. The molecule has 1 fully saturated rings. The van der Waals surface area contributed by atoms with E-state index in [1.165, 1.54) is 0 Å². The lowest BCUT2D eigenvalue weighted by Gasteiger charge is -2.21. The maximum absolute atomic E-state index is 11.9. The second-order valence-corrected chi connectivity index (χ2v) is 4.89. The standard InChI is InChI=1S/C12H20F3N3O2/c1-17(8-9-18-7-2-4-10(18)19)6-3-5-16-11(20)12(13,14)15/h2-9H2,1H3,(H,16,20). The molecule has 0 aromatic heterocycles. The van der Waals surface area contributed by atoms with E-state index in [2.05, 4.69) is 0 Å². The number of rotatable bonds is 7. The number of nitrogens with zero attached hydrogens (tertiary/aromatic N) is 2. The number of amides is 2. The zero-order valence-corrected chi connectivity index (χ0v) is 11.5. The third-order valence-corrected chi connectivity index (χ3v) is 3.18. The molecule has 0 aromatic carbocycles. The molecule has 0 atom stereocenters. The number of carbonyl (C=O) groups is 2. The van der Waals surface area contributed by atoms with Crippen LogP contribution in [-0.4, -0.2) is 67.6 Å². The molecule has 8 heteroatoms. The Morgan fingerprint density at radius 1 is 1.40 bits per heavy atom. The molecule has 0 unspecified atom stereocenters. The third kappa shape index (κ3) is 5.77. The number of likely N-dealkylation sites (N-methyl/N-ethyl adjacent to an activating group) is 1. The number of nitrogens with one attached hydrogen (secondary N) is 1. The fraction of sp³-hybridized carbons (Fsp3) is 0.833. The van der Waals surface area contributed by atoms with Gasteiger partial charge in [-0.3, -0.25) is 9.59 Å². The predicted octanol–water partition coefficient (Wildman–Crippen LogP) is 0.609. The minimum atomic E-state index is -4.82. The van der Waals surface area contributed by atoms with Crippen molar-refractivity contribution in [3.05, 3.63) is 0 Å². The van der Waals surface area contributed by atoms with Gasteiger partial charge in [0.1, 0.15) is 0 Å². The molecular formula is C12H20F3N3O2. The first-order valence-corrected chi connectivity index (χ1v) is 6.62. The van der Waals surface area contributed by atoms with Gasteiger partial charge in [-0.1, -0.05) is 0 Å². The molecule has 0 spiro atoms. The minimum Gasteiger partial charge on any atom is -0.348 e. The van der Waals surface area contributed by atoms with Gasteiger partial charge in [0.2, 0.25) is 5.91 Å². The fourth-order valence-electron chi connectivity index (χ4n) is 1.99. The zero-order valence-electron chi connectivity index (χ0n) is 11.5. The van der Waals surface area contributed by atoms with Crippen molar-refractivity contribution in [1.29, 1.82) is 0 Å². The van der Waals surface area contributed by atoms with Crippen LogP contribution in [-0.2, 0) is 9.59 Å². The summed E-state index contributed by atoms with van der Waals surface area (Å²) in [6.45, 7) is 2.67. The SMILES string of the molecule is CN(CCCNC(=O)C(F)(F)F)CCN1CCCC1=O. The highest BCUT2D eigenvalue weighted by Gasteiger charge is 2.38. The first-order chi connectivity index (χ1) is 9.30. The van der Waals surface area contributed by atoms with E-state index in [0.29, 0.717) is 32.5 Å². The van der Waals surface area contributed by atoms with Crippen molar-refractivity contribution < 1.29 is 22.8 Å². The van der Waals surface area contributed by atoms with Crippen molar-refractivity contribution in [3.63, 3.8) is 0 Å². The molecule has 1 aliphatic heterocycles. The molecule has 1 N–H and O–H groups in total. The van der Waals surface area contributed by atoms with Gasteiger partial charge in [-0.25, -0.2) is 0 Å². The fourth-order valence-corrected chi connectivity index (χ4v) is 1.99. The molecular weight excluding hydrogens is 275 g/mol. The molecule has 0 radical (unpaired) electrons. The molecule has 116 valence electrons. The molecule has 20 heavy (non-hydrogen) atoms. The van der Waals surface area contributed by atoms with Crippen LogP contribution in [0.2, 0.25) is 0 Å². The zero-order chi connectivity index (χ0) is 15.2. The Bertz CT molecular complexity index is 347. The molecule has 0 bridgehead atoms. The average Bonchev–Trinajstić information content (AvgIpc) is 2.76. The van der Waals surface area contributed by atoms with Gasteiger partial charge in [-0.05, 0) is 26.4 Å². The quantitative estimate of drug-likeness (QED) is 0.700. The highest BCUT2D eigenvalue weighted by atomic mass is 19.4. The molecule has 1 aliphatic rings. The number of hydrogen-bond donors (Lipinski definition) is 1. The number of likely N-dealkylation sites (tertiary alicyclic amines) is 1. The Hall–Kier alpha value is -1.31. The van der Waals surface area contributed by atoms with E-state index in [-0.39, 0.29) is 12.5 Å². The van der Waals surface area contributed by atoms with Gasteiger partial charge in [0.05, 0.1) is 0 Å². The highest BCUT2D eigenvalue weighted by molar-refractivity contribution is 5.81. The van der Waals surface area contributed by atoms with Crippen molar-refractivity contribution in [1.82, 2.24) is 15.1 Å². The van der Waals surface area contributed by atoms with E-state index in [0.717, 1.165) is 13.0 Å². The maximum Gasteiger partial charge on any atom is 0.471 e. The average molecular weight is 295 g/mol. The predicted molar refractivity (Wildman–Crippen MR) is 67.0 cm³/mol. The van der Waals surface area contributed by atoms with E-state index < -0.39 is 12.1 Å². The van der Waals surface area contributed by atoms with Crippen LogP contribution in [0.3, 0.4) is 0 Å². The Morgan fingerprint density at radius 2 is 2.10 bits per heavy atom. The maximum atomic E-state index is 11.9. The van der Waals surface area contributed by atoms with Crippen LogP contribution in [0.15, 0.2) is 0 Å². The van der Waals surface area contributed by atoms with E-state index in [1.54, 1.807) is 4.90 Å².